The number of nitrogens with one attached hydrogen (secondary N) is 1. The molecule has 1 radical (unpaired) electrons. The highest BCUT2D eigenvalue weighted by Gasteiger charge is 1.99. The molecule has 1 aromatic rings. The van der Waals surface area contributed by atoms with E-state index >= 15 is 0 Å². The van der Waals surface area contributed by atoms with Crippen molar-refractivity contribution in [2.45, 2.75) is 0 Å². The summed E-state index contributed by atoms with van der Waals surface area (Å²) in [6.07, 6.45) is 0. The first-order valence-corrected chi connectivity index (χ1v) is 3.17. The van der Waals surface area contributed by atoms with Crippen LogP contribution in [0.3, 0.4) is 0 Å². The molecular weight excluding hydrogens is 140 g/mol. The number of carbonyl (C=O) groups excluding carboxylic acids is 1. The summed E-state index contributed by atoms with van der Waals surface area (Å²) < 4.78 is 0. The lowest BCUT2D eigenvalue weighted by atomic mass is 10.1. The van der Waals surface area contributed by atoms with Gasteiger partial charge in [-0.3, -0.25) is 10.2 Å². The zero-order valence-corrected chi connectivity index (χ0v) is 6.00. The zero-order valence-electron chi connectivity index (χ0n) is 6.00. The molecule has 0 aliphatic rings. The molecule has 1 aromatic carbocycles. The van der Waals surface area contributed by atoms with Gasteiger partial charge in [-0.2, -0.15) is 0 Å². The van der Waals surface area contributed by atoms with E-state index in [-0.39, 0.29) is 5.91 Å². The predicted molar refractivity (Wildman–Crippen MR) is 42.6 cm³/mol. The molecule has 3 heteroatoms. The summed E-state index contributed by atoms with van der Waals surface area (Å²) in [5.41, 5.74) is 3.46. The molecule has 57 valence electrons. The summed E-state index contributed by atoms with van der Waals surface area (Å²) in [5.74, 6) is 4.64. The molecule has 1 amide bonds. The maximum Gasteiger partial charge on any atom is 0.265 e. The molecule has 0 heterocycles. The van der Waals surface area contributed by atoms with E-state index in [2.05, 4.69) is 6.92 Å². The Balaban J connectivity index is 2.90. The second-order valence-electron chi connectivity index (χ2n) is 2.17. The number of hydrogen-bond acceptors (Lipinski definition) is 2. The molecule has 0 aliphatic heterocycles. The quantitative estimate of drug-likeness (QED) is 0.346. The first kappa shape index (κ1) is 7.75. The number of carbonyl (C=O) groups is 1. The Hall–Kier alpha value is -1.35. The third kappa shape index (κ3) is 1.78. The number of nitrogen functional groups attached to an aromatic ring is 1. The van der Waals surface area contributed by atoms with E-state index in [0.717, 1.165) is 5.56 Å². The van der Waals surface area contributed by atoms with Gasteiger partial charge in [0.2, 0.25) is 0 Å². The average molecular weight is 149 g/mol. The molecular formula is C8H9N2O. The number of hydrogen-bond donors (Lipinski definition) is 2. The van der Waals surface area contributed by atoms with E-state index in [0.29, 0.717) is 5.56 Å². The lowest BCUT2D eigenvalue weighted by Crippen LogP contribution is -2.29. The van der Waals surface area contributed by atoms with Gasteiger partial charge in [0.15, 0.2) is 0 Å². The predicted octanol–water partition coefficient (Wildman–Crippen LogP) is 0.472. The Bertz CT molecular complexity index is 253. The molecule has 3 nitrogen and oxygen atoms in total. The molecule has 1 rings (SSSR count). The highest BCUT2D eigenvalue weighted by Crippen LogP contribution is 2.01. The highest BCUT2D eigenvalue weighted by molar-refractivity contribution is 5.93. The summed E-state index contributed by atoms with van der Waals surface area (Å²) >= 11 is 0. The third-order valence-electron chi connectivity index (χ3n) is 1.35. The van der Waals surface area contributed by atoms with E-state index in [1.54, 1.807) is 24.3 Å². The minimum absolute atomic E-state index is 0.287. The van der Waals surface area contributed by atoms with Crippen LogP contribution < -0.4 is 11.3 Å². The zero-order chi connectivity index (χ0) is 8.27. The SMILES string of the molecule is [CH2]c1ccc(C(=O)NN)cc1. The van der Waals surface area contributed by atoms with Crippen LogP contribution in [0.25, 0.3) is 0 Å². The van der Waals surface area contributed by atoms with Crippen LogP contribution in [0.2, 0.25) is 0 Å². The minimum atomic E-state index is -0.287. The van der Waals surface area contributed by atoms with E-state index in [4.69, 9.17) is 5.84 Å². The van der Waals surface area contributed by atoms with Gasteiger partial charge in [-0.05, 0) is 24.6 Å². The highest BCUT2D eigenvalue weighted by atomic mass is 16.2. The Morgan fingerprint density at radius 2 is 1.91 bits per heavy atom. The van der Waals surface area contributed by atoms with E-state index in [1.807, 2.05) is 5.43 Å². The first-order valence-electron chi connectivity index (χ1n) is 3.17. The van der Waals surface area contributed by atoms with Crippen LogP contribution in [-0.2, 0) is 0 Å². The van der Waals surface area contributed by atoms with Gasteiger partial charge in [0.1, 0.15) is 0 Å². The maximum atomic E-state index is 10.9. The summed E-state index contributed by atoms with van der Waals surface area (Å²) in [6.45, 7) is 3.68. The number of amides is 1. The summed E-state index contributed by atoms with van der Waals surface area (Å²) in [6, 6.07) is 6.85. The lowest BCUT2D eigenvalue weighted by molar-refractivity contribution is 0.0953. The van der Waals surface area contributed by atoms with Gasteiger partial charge in [-0.1, -0.05) is 12.1 Å². The second kappa shape index (κ2) is 3.16. The molecule has 3 N–H and O–H groups in total. The molecule has 0 saturated heterocycles. The van der Waals surface area contributed by atoms with Crippen LogP contribution in [0.5, 0.6) is 0 Å². The average Bonchev–Trinajstić information content (AvgIpc) is 2.05. The molecule has 0 bridgehead atoms. The Morgan fingerprint density at radius 3 is 2.36 bits per heavy atom. The molecule has 0 unspecified atom stereocenters. The second-order valence-corrected chi connectivity index (χ2v) is 2.17. The molecule has 0 spiro atoms. The van der Waals surface area contributed by atoms with Crippen LogP contribution >= 0.6 is 0 Å². The molecule has 0 fully saturated rings. The molecule has 0 atom stereocenters. The van der Waals surface area contributed by atoms with Crippen molar-refractivity contribution < 1.29 is 4.79 Å². The Labute approximate surface area is 65.2 Å². The Morgan fingerprint density at radius 1 is 1.36 bits per heavy atom. The van der Waals surface area contributed by atoms with Gasteiger partial charge < -0.3 is 0 Å². The van der Waals surface area contributed by atoms with Crippen LogP contribution in [-0.4, -0.2) is 5.91 Å². The maximum absolute atomic E-state index is 10.9. The number of nitrogens with two attached hydrogens (primary N) is 1. The van der Waals surface area contributed by atoms with Crippen molar-refractivity contribution in [3.63, 3.8) is 0 Å². The van der Waals surface area contributed by atoms with Crippen molar-refractivity contribution in [2.24, 2.45) is 5.84 Å². The van der Waals surface area contributed by atoms with Crippen LogP contribution in [0.15, 0.2) is 24.3 Å². The summed E-state index contributed by atoms with van der Waals surface area (Å²) in [5, 5.41) is 0. The molecule has 0 saturated carbocycles. The first-order chi connectivity index (χ1) is 5.24. The van der Waals surface area contributed by atoms with Crippen LogP contribution in [0.4, 0.5) is 0 Å². The minimum Gasteiger partial charge on any atom is -0.290 e. The number of benzene rings is 1. The monoisotopic (exact) mass is 149 g/mol. The molecule has 0 aromatic heterocycles. The van der Waals surface area contributed by atoms with Crippen molar-refractivity contribution >= 4 is 5.91 Å². The van der Waals surface area contributed by atoms with Crippen molar-refractivity contribution in [1.82, 2.24) is 5.43 Å². The van der Waals surface area contributed by atoms with Crippen molar-refractivity contribution in [1.29, 1.82) is 0 Å². The van der Waals surface area contributed by atoms with E-state index < -0.39 is 0 Å². The van der Waals surface area contributed by atoms with Gasteiger partial charge in [-0.15, -0.1) is 0 Å². The molecule has 11 heavy (non-hydrogen) atoms. The fourth-order valence-electron chi connectivity index (χ4n) is 0.739. The van der Waals surface area contributed by atoms with E-state index in [9.17, 15) is 4.79 Å². The summed E-state index contributed by atoms with van der Waals surface area (Å²) in [7, 11) is 0. The Kier molecular flexibility index (Phi) is 2.23. The molecule has 0 aliphatic carbocycles. The smallest absolute Gasteiger partial charge is 0.265 e. The van der Waals surface area contributed by atoms with Crippen molar-refractivity contribution in [2.75, 3.05) is 0 Å². The van der Waals surface area contributed by atoms with Gasteiger partial charge in [0, 0.05) is 5.56 Å². The van der Waals surface area contributed by atoms with E-state index in [1.165, 1.54) is 0 Å². The van der Waals surface area contributed by atoms with Gasteiger partial charge in [0.25, 0.3) is 5.91 Å². The van der Waals surface area contributed by atoms with Gasteiger partial charge >= 0.3 is 0 Å². The van der Waals surface area contributed by atoms with Crippen LogP contribution in [0, 0.1) is 6.92 Å². The lowest BCUT2D eigenvalue weighted by Gasteiger charge is -1.98. The summed E-state index contributed by atoms with van der Waals surface area (Å²) in [4.78, 5) is 10.9. The standard InChI is InChI=1S/C8H9N2O/c1-6-2-4-7(5-3-6)8(11)10-9/h2-5H,1,9H2,(H,10,11). The third-order valence-corrected chi connectivity index (χ3v) is 1.35. The largest absolute Gasteiger partial charge is 0.290 e. The van der Waals surface area contributed by atoms with Crippen molar-refractivity contribution in [3.8, 4) is 0 Å². The normalized spacial score (nSPS) is 9.27. The topological polar surface area (TPSA) is 55.1 Å². The number of hydrazine groups is 1. The van der Waals surface area contributed by atoms with Gasteiger partial charge in [-0.25, -0.2) is 5.84 Å². The van der Waals surface area contributed by atoms with Gasteiger partial charge in [0.05, 0.1) is 0 Å². The number of rotatable bonds is 1. The van der Waals surface area contributed by atoms with Crippen molar-refractivity contribution in [3.05, 3.63) is 42.3 Å². The fraction of sp³-hybridized carbons (Fsp3) is 0. The fourth-order valence-corrected chi connectivity index (χ4v) is 0.739. The van der Waals surface area contributed by atoms with Crippen LogP contribution in [0.1, 0.15) is 15.9 Å².